The van der Waals surface area contributed by atoms with E-state index in [-0.39, 0.29) is 63.4 Å². The normalized spacial score (nSPS) is 23.1. The first-order chi connectivity index (χ1) is 26.2. The van der Waals surface area contributed by atoms with Crippen LogP contribution in [0.2, 0.25) is 0 Å². The number of hydrogen-bond acceptors (Lipinski definition) is 5. The maximum absolute atomic E-state index is 14.3. The van der Waals surface area contributed by atoms with Gasteiger partial charge >= 0.3 is 0 Å². The van der Waals surface area contributed by atoms with E-state index < -0.39 is 12.3 Å². The zero-order valence-electron chi connectivity index (χ0n) is 37.2. The summed E-state index contributed by atoms with van der Waals surface area (Å²) in [6.07, 6.45) is 15.4. The minimum atomic E-state index is -0.936. The Bertz CT molecular complexity index is 1450. The zero-order valence-corrected chi connectivity index (χ0v) is 37.2. The summed E-state index contributed by atoms with van der Waals surface area (Å²) in [4.78, 5) is 0. The van der Waals surface area contributed by atoms with Gasteiger partial charge in [-0.2, -0.15) is 0 Å². The molecule has 0 saturated carbocycles. The van der Waals surface area contributed by atoms with Gasteiger partial charge in [0.1, 0.15) is 29.2 Å². The second-order valence-electron chi connectivity index (χ2n) is 19.4. The fraction of sp³-hybridized carbons (Fsp3) is 0.680. The summed E-state index contributed by atoms with van der Waals surface area (Å²) in [7, 11) is 0. The average molecular weight is 779 g/mol. The van der Waals surface area contributed by atoms with Crippen molar-refractivity contribution in [2.45, 2.75) is 195 Å². The molecule has 2 aromatic rings. The van der Waals surface area contributed by atoms with Crippen LogP contribution >= 0.6 is 0 Å². The number of phenols is 4. The molecular formula is C50H79FO5. The molecular weight excluding hydrogens is 700 g/mol. The molecule has 0 aliphatic heterocycles. The first kappa shape index (κ1) is 47.4. The molecule has 2 aromatic carbocycles. The highest BCUT2D eigenvalue weighted by Gasteiger charge is 2.37. The van der Waals surface area contributed by atoms with Gasteiger partial charge in [0.15, 0.2) is 0 Å². The number of unbranched alkanes of at least 4 members (excludes halogenated alkanes) is 6. The smallest absolute Gasteiger partial charge is 0.123 e. The van der Waals surface area contributed by atoms with Crippen LogP contribution in [0.5, 0.6) is 23.0 Å². The molecule has 2 aliphatic rings. The van der Waals surface area contributed by atoms with Gasteiger partial charge in [0.25, 0.3) is 0 Å². The number of rotatable bonds is 16. The molecule has 0 spiro atoms. The topological polar surface area (TPSA) is 101 Å². The van der Waals surface area contributed by atoms with Crippen molar-refractivity contribution in [3.8, 4) is 23.0 Å². The number of phenolic OH excluding ortho intramolecular Hbond substituents is 4. The molecule has 0 radical (unpaired) electrons. The Morgan fingerprint density at radius 2 is 0.946 bits per heavy atom. The summed E-state index contributed by atoms with van der Waals surface area (Å²) in [6.45, 7) is 25.3. The van der Waals surface area contributed by atoms with Crippen molar-refractivity contribution in [1.29, 1.82) is 0 Å². The van der Waals surface area contributed by atoms with Gasteiger partial charge in [-0.25, -0.2) is 4.39 Å². The molecule has 4 rings (SSSR count). The van der Waals surface area contributed by atoms with E-state index in [1.807, 2.05) is 43.3 Å². The highest BCUT2D eigenvalue weighted by atomic mass is 19.1. The van der Waals surface area contributed by atoms with E-state index in [2.05, 4.69) is 69.2 Å². The predicted octanol–water partition coefficient (Wildman–Crippen LogP) is 13.8. The van der Waals surface area contributed by atoms with E-state index in [0.717, 1.165) is 42.4 Å². The predicted molar refractivity (Wildman–Crippen MR) is 233 cm³/mol. The molecule has 0 amide bonds. The van der Waals surface area contributed by atoms with Crippen LogP contribution in [0.3, 0.4) is 0 Å². The van der Waals surface area contributed by atoms with Gasteiger partial charge in [0.05, 0.1) is 6.10 Å². The quantitative estimate of drug-likeness (QED) is 0.0863. The number of alkyl halides is 1. The van der Waals surface area contributed by atoms with Crippen molar-refractivity contribution in [2.75, 3.05) is 0 Å². The van der Waals surface area contributed by atoms with Gasteiger partial charge in [0, 0.05) is 23.0 Å². The third-order valence-electron chi connectivity index (χ3n) is 13.3. The summed E-state index contributed by atoms with van der Waals surface area (Å²) in [5.41, 5.74) is 4.52. The minimum Gasteiger partial charge on any atom is -0.507 e. The van der Waals surface area contributed by atoms with E-state index in [0.29, 0.717) is 35.5 Å². The van der Waals surface area contributed by atoms with Gasteiger partial charge in [0.2, 0.25) is 0 Å². The van der Waals surface area contributed by atoms with Crippen molar-refractivity contribution in [3.63, 3.8) is 0 Å². The molecule has 5 N–H and O–H groups in total. The van der Waals surface area contributed by atoms with Crippen LogP contribution in [0.4, 0.5) is 4.39 Å². The van der Waals surface area contributed by atoms with Crippen LogP contribution in [0.1, 0.15) is 194 Å². The maximum atomic E-state index is 14.3. The van der Waals surface area contributed by atoms with Crippen molar-refractivity contribution in [3.05, 3.63) is 69.8 Å². The maximum Gasteiger partial charge on any atom is 0.123 e. The van der Waals surface area contributed by atoms with E-state index in [4.69, 9.17) is 0 Å². The summed E-state index contributed by atoms with van der Waals surface area (Å²) in [5.74, 6) is 1.23. The molecule has 56 heavy (non-hydrogen) atoms. The van der Waals surface area contributed by atoms with Gasteiger partial charge in [-0.05, 0) is 121 Å². The Hall–Kier alpha value is -2.99. The first-order valence-electron chi connectivity index (χ1n) is 22.0. The SMILES string of the molecule is CCCCCCC(C)(C)c1cc(O)c(C2C=C(C)C(F)C[C@H]2C(C)C)c(O)c1.CCCCCCC(C)(C)c1cc(O)c(C2C=C(C)C(O)C[C@H]2C(C)C)c(O)c1. The number of benzene rings is 2. The molecule has 0 aromatic heterocycles. The van der Waals surface area contributed by atoms with Crippen LogP contribution in [0, 0.1) is 23.7 Å². The second kappa shape index (κ2) is 20.6. The van der Waals surface area contributed by atoms with E-state index in [1.165, 1.54) is 38.5 Å². The van der Waals surface area contributed by atoms with Crippen LogP contribution < -0.4 is 0 Å². The van der Waals surface area contributed by atoms with Gasteiger partial charge in [-0.1, -0.05) is 133 Å². The summed E-state index contributed by atoms with van der Waals surface area (Å²) >= 11 is 0. The monoisotopic (exact) mass is 779 g/mol. The molecule has 0 fully saturated rings. The van der Waals surface area contributed by atoms with Gasteiger partial charge in [-0.3, -0.25) is 0 Å². The number of hydrogen-bond donors (Lipinski definition) is 5. The lowest BCUT2D eigenvalue weighted by Crippen LogP contribution is -2.29. The molecule has 0 heterocycles. The Balaban J connectivity index is 0.000000300. The fourth-order valence-corrected chi connectivity index (χ4v) is 9.15. The Kier molecular flexibility index (Phi) is 17.4. The molecule has 316 valence electrons. The minimum absolute atomic E-state index is 0.0587. The van der Waals surface area contributed by atoms with E-state index in [9.17, 15) is 29.9 Å². The third kappa shape index (κ3) is 12.0. The Morgan fingerprint density at radius 1 is 0.589 bits per heavy atom. The second-order valence-corrected chi connectivity index (χ2v) is 19.4. The zero-order chi connectivity index (χ0) is 42.1. The van der Waals surface area contributed by atoms with Crippen LogP contribution in [0.25, 0.3) is 0 Å². The van der Waals surface area contributed by atoms with Crippen LogP contribution in [-0.2, 0) is 10.8 Å². The number of aliphatic hydroxyl groups excluding tert-OH is 1. The van der Waals surface area contributed by atoms with Crippen LogP contribution in [-0.4, -0.2) is 37.8 Å². The Labute approximate surface area is 340 Å². The highest BCUT2D eigenvalue weighted by Crippen LogP contribution is 2.50. The van der Waals surface area contributed by atoms with Crippen LogP contribution in [0.15, 0.2) is 47.6 Å². The highest BCUT2D eigenvalue weighted by molar-refractivity contribution is 5.54. The average Bonchev–Trinajstić information content (AvgIpc) is 3.10. The Morgan fingerprint density at radius 3 is 1.30 bits per heavy atom. The lowest BCUT2D eigenvalue weighted by Gasteiger charge is -2.36. The summed E-state index contributed by atoms with van der Waals surface area (Å²) in [5, 5.41) is 53.8. The van der Waals surface area contributed by atoms with E-state index in [1.54, 1.807) is 6.92 Å². The lowest BCUT2D eigenvalue weighted by molar-refractivity contribution is 0.139. The number of allylic oxidation sites excluding steroid dienone is 3. The first-order valence-corrected chi connectivity index (χ1v) is 22.0. The summed E-state index contributed by atoms with van der Waals surface area (Å²) < 4.78 is 14.3. The van der Waals surface area contributed by atoms with Gasteiger partial charge < -0.3 is 25.5 Å². The van der Waals surface area contributed by atoms with Crippen molar-refractivity contribution in [1.82, 2.24) is 0 Å². The lowest BCUT2D eigenvalue weighted by atomic mass is 9.70. The standard InChI is InChI=1S/C25H39FO2.C25H40O3/c2*1-7-8-9-10-11-25(5,6)18-13-22(27)24(23(28)14-18)20-12-17(4)21(26)15-19(20)16(2)3/h12-14,16,19-21,27-28H,7-11,15H2,1-6H3;12-14,16,19-21,26-28H,7-11,15H2,1-6H3/t2*19-,20?,21?/m00/s1. The third-order valence-corrected chi connectivity index (χ3v) is 13.3. The van der Waals surface area contributed by atoms with Crippen molar-refractivity contribution < 1.29 is 29.9 Å². The summed E-state index contributed by atoms with van der Waals surface area (Å²) in [6, 6.07) is 7.33. The molecule has 6 heteroatoms. The molecule has 0 bridgehead atoms. The van der Waals surface area contributed by atoms with E-state index >= 15 is 0 Å². The number of aliphatic hydroxyl groups is 1. The van der Waals surface area contributed by atoms with Gasteiger partial charge in [-0.15, -0.1) is 0 Å². The largest absolute Gasteiger partial charge is 0.507 e. The number of halogens is 1. The fourth-order valence-electron chi connectivity index (χ4n) is 9.15. The van der Waals surface area contributed by atoms with Crippen molar-refractivity contribution >= 4 is 0 Å². The molecule has 2 aliphatic carbocycles. The number of aromatic hydroxyl groups is 4. The molecule has 6 atom stereocenters. The molecule has 4 unspecified atom stereocenters. The van der Waals surface area contributed by atoms with Crippen molar-refractivity contribution in [2.24, 2.45) is 23.7 Å². The molecule has 0 saturated heterocycles. The molecule has 5 nitrogen and oxygen atoms in total.